The predicted molar refractivity (Wildman–Crippen MR) is 127 cm³/mol. The van der Waals surface area contributed by atoms with Crippen LogP contribution in [0.1, 0.15) is 25.3 Å². The van der Waals surface area contributed by atoms with Gasteiger partial charge in [0.1, 0.15) is 17.0 Å². The monoisotopic (exact) mass is 461 g/mol. The van der Waals surface area contributed by atoms with Crippen LogP contribution in [0, 0.1) is 10.1 Å². The van der Waals surface area contributed by atoms with Gasteiger partial charge in [0.2, 0.25) is 5.89 Å². The number of aromatic nitrogens is 1. The van der Waals surface area contributed by atoms with Crippen molar-refractivity contribution >= 4 is 28.4 Å². The fourth-order valence-corrected chi connectivity index (χ4v) is 3.36. The number of nitro benzene ring substituents is 1. The summed E-state index contributed by atoms with van der Waals surface area (Å²) in [7, 11) is 1.50. The average Bonchev–Trinajstić information content (AvgIpc) is 3.26. The standard InChI is InChI=1S/C25H23N3O6/c1-15(2)16-4-11-23-21(12-16)27-25(34-23)17-5-10-22(32-3)20(13-17)26-24(29)14-33-19-8-6-18(7-9-19)28(30)31/h4-13,15H,14H2,1-3H3,(H,26,29). The molecule has 1 N–H and O–H groups in total. The highest BCUT2D eigenvalue weighted by Gasteiger charge is 2.15. The van der Waals surface area contributed by atoms with Crippen molar-refractivity contribution in [3.63, 3.8) is 0 Å². The maximum absolute atomic E-state index is 12.5. The van der Waals surface area contributed by atoms with Crippen LogP contribution in [-0.4, -0.2) is 29.5 Å². The summed E-state index contributed by atoms with van der Waals surface area (Å²) in [6.07, 6.45) is 0. The number of benzene rings is 3. The molecule has 0 bridgehead atoms. The largest absolute Gasteiger partial charge is 0.495 e. The quantitative estimate of drug-likeness (QED) is 0.270. The Balaban J connectivity index is 1.50. The summed E-state index contributed by atoms with van der Waals surface area (Å²) in [6, 6.07) is 16.7. The summed E-state index contributed by atoms with van der Waals surface area (Å²) in [5.41, 5.74) is 3.66. The average molecular weight is 461 g/mol. The lowest BCUT2D eigenvalue weighted by atomic mass is 10.0. The fourth-order valence-electron chi connectivity index (χ4n) is 3.36. The first kappa shape index (κ1) is 22.8. The van der Waals surface area contributed by atoms with Crippen molar-refractivity contribution in [2.75, 3.05) is 19.0 Å². The molecule has 3 aromatic carbocycles. The number of methoxy groups -OCH3 is 1. The van der Waals surface area contributed by atoms with Gasteiger partial charge in [0, 0.05) is 17.7 Å². The zero-order valence-electron chi connectivity index (χ0n) is 18.9. The molecule has 1 aromatic heterocycles. The molecule has 9 nitrogen and oxygen atoms in total. The van der Waals surface area contributed by atoms with E-state index in [-0.39, 0.29) is 12.3 Å². The van der Waals surface area contributed by atoms with E-state index in [2.05, 4.69) is 24.1 Å². The van der Waals surface area contributed by atoms with Crippen molar-refractivity contribution in [3.05, 3.63) is 76.3 Å². The first-order valence-corrected chi connectivity index (χ1v) is 10.6. The van der Waals surface area contributed by atoms with Crippen LogP contribution in [0.3, 0.4) is 0 Å². The molecular formula is C25H23N3O6. The molecule has 0 aliphatic heterocycles. The third kappa shape index (κ3) is 4.98. The lowest BCUT2D eigenvalue weighted by molar-refractivity contribution is -0.384. The second kappa shape index (κ2) is 9.62. The molecule has 9 heteroatoms. The molecule has 174 valence electrons. The number of oxazole rings is 1. The number of hydrogen-bond acceptors (Lipinski definition) is 7. The van der Waals surface area contributed by atoms with Gasteiger partial charge in [0.05, 0.1) is 17.7 Å². The Kier molecular flexibility index (Phi) is 6.44. The Morgan fingerprint density at radius 2 is 1.88 bits per heavy atom. The number of nitro groups is 1. The number of nitrogens with zero attached hydrogens (tertiary/aromatic N) is 2. The summed E-state index contributed by atoms with van der Waals surface area (Å²) in [5.74, 6) is 1.18. The van der Waals surface area contributed by atoms with Gasteiger partial charge in [-0.25, -0.2) is 4.98 Å². The van der Waals surface area contributed by atoms with Crippen LogP contribution in [0.4, 0.5) is 11.4 Å². The summed E-state index contributed by atoms with van der Waals surface area (Å²) < 4.78 is 16.7. The Morgan fingerprint density at radius 1 is 1.12 bits per heavy atom. The van der Waals surface area contributed by atoms with Crippen molar-refractivity contribution in [2.24, 2.45) is 0 Å². The molecule has 1 heterocycles. The Hall–Kier alpha value is -4.40. The molecule has 0 atom stereocenters. The van der Waals surface area contributed by atoms with Crippen molar-refractivity contribution in [1.29, 1.82) is 0 Å². The minimum Gasteiger partial charge on any atom is -0.495 e. The SMILES string of the molecule is COc1ccc(-c2nc3cc(C(C)C)ccc3o2)cc1NC(=O)COc1ccc([N+](=O)[O-])cc1. The lowest BCUT2D eigenvalue weighted by Gasteiger charge is -2.12. The number of rotatable bonds is 8. The minimum atomic E-state index is -0.504. The van der Waals surface area contributed by atoms with Crippen molar-refractivity contribution in [1.82, 2.24) is 4.98 Å². The van der Waals surface area contributed by atoms with Crippen LogP contribution >= 0.6 is 0 Å². The number of fused-ring (bicyclic) bond motifs is 1. The van der Waals surface area contributed by atoms with Crippen LogP contribution in [-0.2, 0) is 4.79 Å². The number of anilines is 1. The second-order valence-electron chi connectivity index (χ2n) is 7.90. The van der Waals surface area contributed by atoms with E-state index in [1.165, 1.54) is 36.9 Å². The lowest BCUT2D eigenvalue weighted by Crippen LogP contribution is -2.20. The highest BCUT2D eigenvalue weighted by atomic mass is 16.6. The molecule has 0 saturated heterocycles. The maximum atomic E-state index is 12.5. The zero-order chi connectivity index (χ0) is 24.2. The van der Waals surface area contributed by atoms with Crippen molar-refractivity contribution < 1.29 is 23.6 Å². The molecule has 0 aliphatic rings. The number of ether oxygens (including phenoxy) is 2. The molecule has 0 fully saturated rings. The summed E-state index contributed by atoms with van der Waals surface area (Å²) in [5, 5.41) is 13.5. The van der Waals surface area contributed by atoms with Crippen LogP contribution in [0.5, 0.6) is 11.5 Å². The van der Waals surface area contributed by atoms with Crippen LogP contribution < -0.4 is 14.8 Å². The molecule has 0 aliphatic carbocycles. The maximum Gasteiger partial charge on any atom is 0.269 e. The van der Waals surface area contributed by atoms with E-state index in [0.717, 1.165) is 5.52 Å². The summed E-state index contributed by atoms with van der Waals surface area (Å²) in [4.78, 5) is 27.3. The predicted octanol–water partition coefficient (Wildman–Crippen LogP) is 5.55. The van der Waals surface area contributed by atoms with E-state index in [1.54, 1.807) is 18.2 Å². The van der Waals surface area contributed by atoms with E-state index >= 15 is 0 Å². The first-order valence-electron chi connectivity index (χ1n) is 10.6. The van der Waals surface area contributed by atoms with E-state index in [4.69, 9.17) is 13.9 Å². The van der Waals surface area contributed by atoms with Crippen molar-refractivity contribution in [2.45, 2.75) is 19.8 Å². The third-order valence-corrected chi connectivity index (χ3v) is 5.22. The molecule has 34 heavy (non-hydrogen) atoms. The summed E-state index contributed by atoms with van der Waals surface area (Å²) >= 11 is 0. The topological polar surface area (TPSA) is 117 Å². The fraction of sp³-hybridized carbons (Fsp3) is 0.200. The molecule has 0 spiro atoms. The number of carbonyl (C=O) groups excluding carboxylic acids is 1. The molecular weight excluding hydrogens is 438 g/mol. The van der Waals surface area contributed by atoms with Gasteiger partial charge in [-0.15, -0.1) is 0 Å². The molecule has 0 saturated carbocycles. The molecule has 0 unspecified atom stereocenters. The van der Waals surface area contributed by atoms with Gasteiger partial charge in [-0.1, -0.05) is 19.9 Å². The van der Waals surface area contributed by atoms with Gasteiger partial charge in [0.15, 0.2) is 12.2 Å². The Bertz CT molecular complexity index is 1340. The Morgan fingerprint density at radius 3 is 2.56 bits per heavy atom. The molecule has 1 amide bonds. The number of nitrogens with one attached hydrogen (secondary N) is 1. The number of amides is 1. The van der Waals surface area contributed by atoms with Crippen LogP contribution in [0.15, 0.2) is 65.1 Å². The first-order chi connectivity index (χ1) is 16.3. The van der Waals surface area contributed by atoms with Crippen molar-refractivity contribution in [3.8, 4) is 23.0 Å². The van der Waals surface area contributed by atoms with E-state index < -0.39 is 10.8 Å². The van der Waals surface area contributed by atoms with Gasteiger partial charge >= 0.3 is 0 Å². The van der Waals surface area contributed by atoms with Gasteiger partial charge in [-0.3, -0.25) is 14.9 Å². The van der Waals surface area contributed by atoms with Crippen LogP contribution in [0.2, 0.25) is 0 Å². The van der Waals surface area contributed by atoms with E-state index in [9.17, 15) is 14.9 Å². The van der Waals surface area contributed by atoms with Gasteiger partial charge < -0.3 is 19.2 Å². The van der Waals surface area contributed by atoms with Gasteiger partial charge in [-0.2, -0.15) is 0 Å². The van der Waals surface area contributed by atoms with E-state index in [1.807, 2.05) is 18.2 Å². The minimum absolute atomic E-state index is 0.0574. The highest BCUT2D eigenvalue weighted by molar-refractivity contribution is 5.94. The van der Waals surface area contributed by atoms with E-state index in [0.29, 0.717) is 40.1 Å². The molecule has 0 radical (unpaired) electrons. The smallest absolute Gasteiger partial charge is 0.269 e. The normalized spacial score (nSPS) is 10.9. The summed E-state index contributed by atoms with van der Waals surface area (Å²) in [6.45, 7) is 3.95. The number of carbonyl (C=O) groups is 1. The molecule has 4 aromatic rings. The number of non-ortho nitro benzene ring substituents is 1. The zero-order valence-corrected chi connectivity index (χ0v) is 18.9. The van der Waals surface area contributed by atoms with Gasteiger partial charge in [0.25, 0.3) is 11.6 Å². The third-order valence-electron chi connectivity index (χ3n) is 5.22. The second-order valence-corrected chi connectivity index (χ2v) is 7.90. The molecule has 4 rings (SSSR count). The van der Waals surface area contributed by atoms with Gasteiger partial charge in [-0.05, 0) is 53.9 Å². The highest BCUT2D eigenvalue weighted by Crippen LogP contribution is 2.32. The Labute approximate surface area is 195 Å². The van der Waals surface area contributed by atoms with Crippen LogP contribution in [0.25, 0.3) is 22.6 Å². The number of hydrogen-bond donors (Lipinski definition) is 1.